The maximum absolute atomic E-state index is 9.68. The van der Waals surface area contributed by atoms with Crippen LogP contribution < -0.4 is 0 Å². The molecule has 0 radical (unpaired) electrons. The molecule has 0 saturated heterocycles. The zero-order valence-electron chi connectivity index (χ0n) is 30.1. The zero-order valence-corrected chi connectivity index (χ0v) is 30.9. The van der Waals surface area contributed by atoms with Gasteiger partial charge in [0.25, 0.3) is 0 Å². The van der Waals surface area contributed by atoms with E-state index in [1.54, 1.807) is 11.3 Å². The van der Waals surface area contributed by atoms with Crippen molar-refractivity contribution in [3.63, 3.8) is 0 Å². The smallest absolute Gasteiger partial charge is 0.100 e. The highest BCUT2D eigenvalue weighted by molar-refractivity contribution is 7.25. The topological polar surface area (TPSA) is 41.1 Å². The van der Waals surface area contributed by atoms with Crippen LogP contribution in [0.5, 0.6) is 0 Å². The molecule has 10 aromatic carbocycles. The van der Waals surface area contributed by atoms with Crippen LogP contribution in [-0.2, 0) is 0 Å². The molecule has 2 heterocycles. The molecular formula is C52H31N3S. The Morgan fingerprint density at radius 1 is 0.446 bits per heavy atom. The zero-order chi connectivity index (χ0) is 36.9. The molecule has 3 nitrogen and oxygen atoms in total. The van der Waals surface area contributed by atoms with Gasteiger partial charge in [-0.3, -0.25) is 9.98 Å². The van der Waals surface area contributed by atoms with Crippen molar-refractivity contribution in [3.8, 4) is 0 Å². The Labute approximate surface area is 325 Å². The Morgan fingerprint density at radius 2 is 1.00 bits per heavy atom. The first kappa shape index (κ1) is 31.2. The standard InChI is InChI=1S/C52H31N3S/c53-51(33-23-28-47-43(29-33)39-18-9-10-20-46(39)56-47)42-24-21-32-12-2-4-14-35(32)52(42)54-30-55-44-26-22-31-11-1-3-13-34(31)49(44)50-45(55)27-25-41-38-17-6-5-15-36(38)37-16-7-8-19-40(37)48(41)50/h1-30,53H. The lowest BCUT2D eigenvalue weighted by Gasteiger charge is -2.13. The number of fused-ring (bicyclic) bond motifs is 16. The average molecular weight is 730 g/mol. The second kappa shape index (κ2) is 11.9. The van der Waals surface area contributed by atoms with Gasteiger partial charge in [-0.05, 0) is 79.5 Å². The lowest BCUT2D eigenvalue weighted by atomic mass is 9.91. The second-order valence-corrected chi connectivity index (χ2v) is 15.7. The van der Waals surface area contributed by atoms with E-state index >= 15 is 0 Å². The summed E-state index contributed by atoms with van der Waals surface area (Å²) in [5.74, 6) is 0. The summed E-state index contributed by atoms with van der Waals surface area (Å²) in [5.41, 5.74) is 5.11. The van der Waals surface area contributed by atoms with E-state index in [2.05, 4.69) is 180 Å². The van der Waals surface area contributed by atoms with Crippen molar-refractivity contribution >= 4 is 125 Å². The van der Waals surface area contributed by atoms with Gasteiger partial charge >= 0.3 is 0 Å². The molecule has 1 N–H and O–H groups in total. The summed E-state index contributed by atoms with van der Waals surface area (Å²) in [4.78, 5) is 5.40. The van der Waals surface area contributed by atoms with E-state index in [-0.39, 0.29) is 0 Å². The van der Waals surface area contributed by atoms with Crippen LogP contribution in [-0.4, -0.2) is 16.6 Å². The van der Waals surface area contributed by atoms with Gasteiger partial charge in [0, 0.05) is 52.8 Å². The highest BCUT2D eigenvalue weighted by Gasteiger charge is 2.20. The summed E-state index contributed by atoms with van der Waals surface area (Å²) >= 11 is 1.80. The number of thiophene rings is 1. The number of benzene rings is 10. The predicted octanol–water partition coefficient (Wildman–Crippen LogP) is 14.6. The number of nitrogens with zero attached hydrogens (tertiary/aromatic N) is 2. The molecule has 0 amide bonds. The highest BCUT2D eigenvalue weighted by atomic mass is 32.1. The first-order valence-corrected chi connectivity index (χ1v) is 19.8. The van der Waals surface area contributed by atoms with Gasteiger partial charge in [0.1, 0.15) is 6.34 Å². The number of hydrogen-bond acceptors (Lipinski definition) is 3. The van der Waals surface area contributed by atoms with Gasteiger partial charge < -0.3 is 0 Å². The van der Waals surface area contributed by atoms with Crippen molar-refractivity contribution in [3.05, 3.63) is 187 Å². The molecule has 2 aromatic heterocycles. The van der Waals surface area contributed by atoms with Crippen LogP contribution in [0.15, 0.2) is 181 Å². The van der Waals surface area contributed by atoms with Gasteiger partial charge in [0.2, 0.25) is 0 Å². The SMILES string of the molecule is N=C(c1ccc2sc3ccccc3c2c1)c1ccc2ccccc2c1N=Cn1c2ccc3ccccc3c2c2c3c4ccccc4c4ccccc4c3ccc21. The first-order chi connectivity index (χ1) is 27.7. The van der Waals surface area contributed by atoms with Crippen LogP contribution in [0, 0.1) is 5.41 Å². The molecule has 56 heavy (non-hydrogen) atoms. The molecule has 12 rings (SSSR count). The summed E-state index contributed by atoms with van der Waals surface area (Å²) in [5, 5.41) is 26.6. The fourth-order valence-corrected chi connectivity index (χ4v) is 10.3. The van der Waals surface area contributed by atoms with Gasteiger partial charge in [-0.15, -0.1) is 11.3 Å². The van der Waals surface area contributed by atoms with Gasteiger partial charge in [-0.25, -0.2) is 4.99 Å². The maximum Gasteiger partial charge on any atom is 0.100 e. The van der Waals surface area contributed by atoms with Crippen molar-refractivity contribution in [1.82, 2.24) is 4.57 Å². The lowest BCUT2D eigenvalue weighted by Crippen LogP contribution is -2.03. The summed E-state index contributed by atoms with van der Waals surface area (Å²) in [6, 6.07) is 62.9. The first-order valence-electron chi connectivity index (χ1n) is 19.0. The molecule has 0 spiro atoms. The Hall–Kier alpha value is -7.14. The molecule has 0 bridgehead atoms. The number of rotatable bonds is 4. The normalized spacial score (nSPS) is 12.3. The summed E-state index contributed by atoms with van der Waals surface area (Å²) in [6.07, 6.45) is 1.99. The Kier molecular flexibility index (Phi) is 6.65. The molecular weight excluding hydrogens is 699 g/mol. The van der Waals surface area contributed by atoms with E-state index in [4.69, 9.17) is 4.99 Å². The van der Waals surface area contributed by atoms with E-state index in [0.29, 0.717) is 5.71 Å². The van der Waals surface area contributed by atoms with Gasteiger partial charge in [-0.2, -0.15) is 0 Å². The minimum absolute atomic E-state index is 0.456. The Morgan fingerprint density at radius 3 is 1.79 bits per heavy atom. The van der Waals surface area contributed by atoms with E-state index in [1.807, 2.05) is 6.34 Å². The van der Waals surface area contributed by atoms with Crippen molar-refractivity contribution in [1.29, 1.82) is 5.41 Å². The van der Waals surface area contributed by atoms with Crippen LogP contribution in [0.4, 0.5) is 5.69 Å². The lowest BCUT2D eigenvalue weighted by molar-refractivity contribution is 1.31. The van der Waals surface area contributed by atoms with Crippen LogP contribution >= 0.6 is 11.3 Å². The quantitative estimate of drug-likeness (QED) is 0.106. The predicted molar refractivity (Wildman–Crippen MR) is 242 cm³/mol. The van der Waals surface area contributed by atoms with Gasteiger partial charge in [0.05, 0.1) is 22.4 Å². The van der Waals surface area contributed by atoms with Gasteiger partial charge in [-0.1, -0.05) is 140 Å². The highest BCUT2D eigenvalue weighted by Crippen LogP contribution is 2.44. The summed E-state index contributed by atoms with van der Waals surface area (Å²) in [7, 11) is 0. The average Bonchev–Trinajstić information content (AvgIpc) is 3.80. The third-order valence-corrected chi connectivity index (χ3v) is 12.9. The number of aromatic nitrogens is 1. The van der Waals surface area contributed by atoms with E-state index in [0.717, 1.165) is 38.6 Å². The molecule has 4 heteroatoms. The molecule has 0 aliphatic heterocycles. The largest absolute Gasteiger partial charge is 0.300 e. The van der Waals surface area contributed by atoms with E-state index in [1.165, 1.54) is 74.0 Å². The second-order valence-electron chi connectivity index (χ2n) is 14.6. The molecule has 0 atom stereocenters. The van der Waals surface area contributed by atoms with E-state index in [9.17, 15) is 5.41 Å². The van der Waals surface area contributed by atoms with Crippen molar-refractivity contribution < 1.29 is 0 Å². The molecule has 260 valence electrons. The van der Waals surface area contributed by atoms with Crippen LogP contribution in [0.25, 0.3) is 95.8 Å². The fourth-order valence-electron chi connectivity index (χ4n) is 9.16. The number of nitrogens with one attached hydrogen (secondary N) is 1. The monoisotopic (exact) mass is 729 g/mol. The fraction of sp³-hybridized carbons (Fsp3) is 0. The van der Waals surface area contributed by atoms with Crippen LogP contribution in [0.1, 0.15) is 11.1 Å². The number of hydrogen-bond donors (Lipinski definition) is 1. The molecule has 0 saturated carbocycles. The molecule has 0 fully saturated rings. The minimum atomic E-state index is 0.456. The third kappa shape index (κ3) is 4.45. The van der Waals surface area contributed by atoms with Crippen molar-refractivity contribution in [2.75, 3.05) is 0 Å². The van der Waals surface area contributed by atoms with Gasteiger partial charge in [0.15, 0.2) is 0 Å². The molecule has 12 aromatic rings. The van der Waals surface area contributed by atoms with Crippen LogP contribution in [0.3, 0.4) is 0 Å². The van der Waals surface area contributed by atoms with E-state index < -0.39 is 0 Å². The van der Waals surface area contributed by atoms with Crippen molar-refractivity contribution in [2.24, 2.45) is 4.99 Å². The summed E-state index contributed by atoms with van der Waals surface area (Å²) < 4.78 is 4.75. The molecule has 0 unspecified atom stereocenters. The van der Waals surface area contributed by atoms with Crippen molar-refractivity contribution in [2.45, 2.75) is 0 Å². The van der Waals surface area contributed by atoms with Crippen LogP contribution in [0.2, 0.25) is 0 Å². The molecule has 0 aliphatic rings. The maximum atomic E-state index is 9.68. The minimum Gasteiger partial charge on any atom is -0.300 e. The third-order valence-electron chi connectivity index (χ3n) is 11.7. The summed E-state index contributed by atoms with van der Waals surface area (Å²) in [6.45, 7) is 0. The Balaban J connectivity index is 1.14. The Bertz CT molecular complexity index is 3640. The molecule has 0 aliphatic carbocycles. The number of aliphatic imine (C=N–C) groups is 1.